The van der Waals surface area contributed by atoms with Crippen LogP contribution in [0.15, 0.2) is 36.4 Å². The molecule has 1 amide bonds. The summed E-state index contributed by atoms with van der Waals surface area (Å²) in [4.78, 5) is 14.4. The fourth-order valence-electron chi connectivity index (χ4n) is 3.34. The second kappa shape index (κ2) is 7.02. The van der Waals surface area contributed by atoms with Crippen molar-refractivity contribution in [3.8, 4) is 17.2 Å². The van der Waals surface area contributed by atoms with Crippen LogP contribution in [0.3, 0.4) is 0 Å². The van der Waals surface area contributed by atoms with Crippen LogP contribution in [0.25, 0.3) is 0 Å². The van der Waals surface area contributed by atoms with E-state index in [1.54, 1.807) is 35.2 Å². The molecular weight excluding hydrogens is 346 g/mol. The van der Waals surface area contributed by atoms with Crippen LogP contribution in [0, 0.1) is 0 Å². The molecule has 0 saturated heterocycles. The first-order valence-electron chi connectivity index (χ1n) is 8.96. The van der Waals surface area contributed by atoms with Crippen molar-refractivity contribution in [2.75, 3.05) is 6.54 Å². The molecule has 1 unspecified atom stereocenters. The largest absolute Gasteiger partial charge is 0.508 e. The fourth-order valence-corrected chi connectivity index (χ4v) is 3.34. The molecule has 1 atom stereocenters. The van der Waals surface area contributed by atoms with Gasteiger partial charge in [-0.1, -0.05) is 12.1 Å². The molecule has 1 aliphatic heterocycles. The van der Waals surface area contributed by atoms with Crippen molar-refractivity contribution in [1.29, 1.82) is 0 Å². The minimum Gasteiger partial charge on any atom is -0.508 e. The van der Waals surface area contributed by atoms with Crippen LogP contribution in [0.5, 0.6) is 17.2 Å². The molecule has 144 valence electrons. The zero-order chi connectivity index (χ0) is 19.8. The van der Waals surface area contributed by atoms with Crippen molar-refractivity contribution in [3.63, 3.8) is 0 Å². The van der Waals surface area contributed by atoms with Crippen molar-refractivity contribution in [1.82, 2.24) is 4.90 Å². The van der Waals surface area contributed by atoms with Crippen molar-refractivity contribution in [3.05, 3.63) is 53.1 Å². The molecule has 0 bridgehead atoms. The lowest BCUT2D eigenvalue weighted by molar-refractivity contribution is 0.0141. The average Bonchev–Trinajstić information content (AvgIpc) is 2.57. The molecule has 1 aliphatic rings. The number of hydrogen-bond donors (Lipinski definition) is 3. The maximum Gasteiger partial charge on any atom is 0.410 e. The number of carbonyl (C=O) groups is 1. The molecule has 6 nitrogen and oxygen atoms in total. The lowest BCUT2D eigenvalue weighted by Gasteiger charge is -2.38. The fraction of sp³-hybridized carbons (Fsp3) is 0.381. The molecule has 0 radical (unpaired) electrons. The molecule has 27 heavy (non-hydrogen) atoms. The van der Waals surface area contributed by atoms with Crippen molar-refractivity contribution >= 4 is 6.09 Å². The zero-order valence-electron chi connectivity index (χ0n) is 15.8. The van der Waals surface area contributed by atoms with Gasteiger partial charge in [0.15, 0.2) is 11.5 Å². The van der Waals surface area contributed by atoms with Crippen LogP contribution in [-0.2, 0) is 17.6 Å². The third-order valence-corrected chi connectivity index (χ3v) is 4.59. The summed E-state index contributed by atoms with van der Waals surface area (Å²) in [5, 5.41) is 29.3. The van der Waals surface area contributed by atoms with Gasteiger partial charge in [0.25, 0.3) is 0 Å². The Bertz CT molecular complexity index is 839. The van der Waals surface area contributed by atoms with Crippen LogP contribution in [-0.4, -0.2) is 38.5 Å². The zero-order valence-corrected chi connectivity index (χ0v) is 15.8. The number of carbonyl (C=O) groups excluding carboxylic acids is 1. The van der Waals surface area contributed by atoms with Crippen LogP contribution in [0.1, 0.15) is 43.5 Å². The number of fused-ring (bicyclic) bond motifs is 1. The third kappa shape index (κ3) is 4.27. The van der Waals surface area contributed by atoms with Crippen molar-refractivity contribution < 1.29 is 24.9 Å². The Morgan fingerprint density at radius 1 is 1.11 bits per heavy atom. The van der Waals surface area contributed by atoms with Gasteiger partial charge >= 0.3 is 6.09 Å². The molecule has 0 fully saturated rings. The minimum atomic E-state index is -0.614. The Hall–Kier alpha value is -2.89. The average molecular weight is 371 g/mol. The highest BCUT2D eigenvalue weighted by atomic mass is 16.6. The first-order valence-corrected chi connectivity index (χ1v) is 8.96. The van der Waals surface area contributed by atoms with Crippen LogP contribution in [0.2, 0.25) is 0 Å². The number of hydrogen-bond acceptors (Lipinski definition) is 5. The standard InChI is InChI=1S/C21H25NO5/c1-21(2,3)27-20(26)22-9-8-14-11-18(24)19(25)12-16(14)17(22)10-13-4-6-15(23)7-5-13/h4-7,11-12,17,23-25H,8-10H2,1-3H3. The summed E-state index contributed by atoms with van der Waals surface area (Å²) < 4.78 is 5.57. The lowest BCUT2D eigenvalue weighted by Crippen LogP contribution is -2.43. The molecule has 3 N–H and O–H groups in total. The summed E-state index contributed by atoms with van der Waals surface area (Å²) in [5.41, 5.74) is 2.01. The van der Waals surface area contributed by atoms with Gasteiger partial charge in [0.2, 0.25) is 0 Å². The minimum absolute atomic E-state index is 0.164. The second-order valence-corrected chi connectivity index (χ2v) is 7.85. The first-order chi connectivity index (χ1) is 12.6. The Morgan fingerprint density at radius 2 is 1.74 bits per heavy atom. The summed E-state index contributed by atoms with van der Waals surface area (Å²) in [6, 6.07) is 9.54. The van der Waals surface area contributed by atoms with Gasteiger partial charge in [-0.3, -0.25) is 0 Å². The monoisotopic (exact) mass is 371 g/mol. The van der Waals surface area contributed by atoms with Crippen LogP contribution in [0.4, 0.5) is 4.79 Å². The Morgan fingerprint density at radius 3 is 2.37 bits per heavy atom. The van der Waals surface area contributed by atoms with Gasteiger partial charge in [0.05, 0.1) is 6.04 Å². The maximum atomic E-state index is 12.8. The summed E-state index contributed by atoms with van der Waals surface area (Å²) in [6.45, 7) is 5.92. The van der Waals surface area contributed by atoms with Gasteiger partial charge in [0, 0.05) is 6.54 Å². The molecule has 2 aromatic rings. The predicted molar refractivity (Wildman–Crippen MR) is 101 cm³/mol. The van der Waals surface area contributed by atoms with E-state index in [1.807, 2.05) is 20.8 Å². The van der Waals surface area contributed by atoms with E-state index in [2.05, 4.69) is 0 Å². The van der Waals surface area contributed by atoms with E-state index >= 15 is 0 Å². The number of rotatable bonds is 2. The van der Waals surface area contributed by atoms with Gasteiger partial charge in [-0.15, -0.1) is 0 Å². The van der Waals surface area contributed by atoms with E-state index in [0.29, 0.717) is 19.4 Å². The van der Waals surface area contributed by atoms with E-state index in [9.17, 15) is 20.1 Å². The van der Waals surface area contributed by atoms with Crippen molar-refractivity contribution in [2.45, 2.75) is 45.3 Å². The number of amides is 1. The molecular formula is C21H25NO5. The van der Waals surface area contributed by atoms with E-state index in [1.165, 1.54) is 6.07 Å². The topological polar surface area (TPSA) is 90.2 Å². The summed E-state index contributed by atoms with van der Waals surface area (Å²) in [6.07, 6.45) is 0.648. The van der Waals surface area contributed by atoms with Crippen LogP contribution < -0.4 is 0 Å². The number of phenols is 3. The lowest BCUT2D eigenvalue weighted by atomic mass is 9.88. The maximum absolute atomic E-state index is 12.8. The smallest absolute Gasteiger partial charge is 0.410 e. The normalized spacial score (nSPS) is 16.7. The third-order valence-electron chi connectivity index (χ3n) is 4.59. The summed E-state index contributed by atoms with van der Waals surface area (Å²) in [5.74, 6) is -0.201. The Kier molecular flexibility index (Phi) is 4.91. The second-order valence-electron chi connectivity index (χ2n) is 7.85. The van der Waals surface area contributed by atoms with Gasteiger partial charge in [0.1, 0.15) is 11.4 Å². The molecule has 0 spiro atoms. The predicted octanol–water partition coefficient (Wildman–Crippen LogP) is 3.88. The Labute approximate surface area is 158 Å². The molecule has 2 aromatic carbocycles. The Balaban J connectivity index is 1.98. The van der Waals surface area contributed by atoms with E-state index in [-0.39, 0.29) is 23.3 Å². The summed E-state index contributed by atoms with van der Waals surface area (Å²) in [7, 11) is 0. The number of phenolic OH excluding ortho intramolecular Hbond substituents is 3. The van der Waals surface area contributed by atoms with Gasteiger partial charge in [-0.2, -0.15) is 0 Å². The highest BCUT2D eigenvalue weighted by Gasteiger charge is 2.34. The quantitative estimate of drug-likeness (QED) is 0.697. The van der Waals surface area contributed by atoms with Gasteiger partial charge < -0.3 is 25.0 Å². The molecule has 0 aliphatic carbocycles. The number of nitrogens with zero attached hydrogens (tertiary/aromatic N) is 1. The number of aromatic hydroxyl groups is 3. The first kappa shape index (κ1) is 18.9. The van der Waals surface area contributed by atoms with Crippen LogP contribution >= 0.6 is 0 Å². The van der Waals surface area contributed by atoms with E-state index in [0.717, 1.165) is 16.7 Å². The SMILES string of the molecule is CC(C)(C)OC(=O)N1CCc2cc(O)c(O)cc2C1Cc1ccc(O)cc1. The van der Waals surface area contributed by atoms with E-state index in [4.69, 9.17) is 4.74 Å². The summed E-state index contributed by atoms with van der Waals surface area (Å²) >= 11 is 0. The van der Waals surface area contributed by atoms with E-state index < -0.39 is 11.7 Å². The molecule has 1 heterocycles. The van der Waals surface area contributed by atoms with Crippen molar-refractivity contribution in [2.24, 2.45) is 0 Å². The van der Waals surface area contributed by atoms with Gasteiger partial charge in [-0.05, 0) is 74.6 Å². The van der Waals surface area contributed by atoms with Gasteiger partial charge in [-0.25, -0.2) is 4.79 Å². The number of benzene rings is 2. The highest BCUT2D eigenvalue weighted by Crippen LogP contribution is 2.39. The molecule has 6 heteroatoms. The molecule has 0 aromatic heterocycles. The molecule has 0 saturated carbocycles. The highest BCUT2D eigenvalue weighted by molar-refractivity contribution is 5.70. The number of ether oxygens (including phenoxy) is 1. The molecule has 3 rings (SSSR count).